The highest BCUT2D eigenvalue weighted by Gasteiger charge is 2.36. The number of nitrogens with one attached hydrogen (secondary N) is 2. The van der Waals surface area contributed by atoms with Gasteiger partial charge in [0, 0.05) is 35.1 Å². The Labute approximate surface area is 147 Å². The van der Waals surface area contributed by atoms with Gasteiger partial charge in [-0.3, -0.25) is 9.59 Å². The van der Waals surface area contributed by atoms with Crippen molar-refractivity contribution in [2.45, 2.75) is 45.3 Å². The van der Waals surface area contributed by atoms with Crippen LogP contribution >= 0.6 is 0 Å². The molecule has 132 valence electrons. The summed E-state index contributed by atoms with van der Waals surface area (Å²) in [5.41, 5.74) is 1.50. The SMILES string of the molecule is CC1(C)CC(NC(=O)c2ccc(C(=O)c3cc[nH]c3)cc2)CCC1O. The number of aliphatic hydroxyl groups excluding tert-OH is 1. The van der Waals surface area contributed by atoms with Gasteiger partial charge in [-0.25, -0.2) is 0 Å². The number of hydrogen-bond acceptors (Lipinski definition) is 3. The van der Waals surface area contributed by atoms with E-state index in [9.17, 15) is 14.7 Å². The van der Waals surface area contributed by atoms with Crippen LogP contribution in [0.1, 0.15) is 59.4 Å². The smallest absolute Gasteiger partial charge is 0.251 e. The van der Waals surface area contributed by atoms with E-state index in [0.717, 1.165) is 12.8 Å². The Balaban J connectivity index is 1.64. The normalized spacial score (nSPS) is 22.4. The minimum absolute atomic E-state index is 0.0621. The number of rotatable bonds is 4. The minimum Gasteiger partial charge on any atom is -0.393 e. The number of aromatic amines is 1. The van der Waals surface area contributed by atoms with Crippen LogP contribution in [0.15, 0.2) is 42.7 Å². The van der Waals surface area contributed by atoms with E-state index in [-0.39, 0.29) is 29.3 Å². The second-order valence-electron chi connectivity index (χ2n) is 7.46. The molecule has 1 fully saturated rings. The summed E-state index contributed by atoms with van der Waals surface area (Å²) < 4.78 is 0. The Morgan fingerprint density at radius 1 is 1.08 bits per heavy atom. The lowest BCUT2D eigenvalue weighted by atomic mass is 9.73. The molecular formula is C20H24N2O3. The van der Waals surface area contributed by atoms with Crippen LogP contribution in [-0.4, -0.2) is 33.9 Å². The fourth-order valence-electron chi connectivity index (χ4n) is 3.42. The van der Waals surface area contributed by atoms with Crippen molar-refractivity contribution in [2.75, 3.05) is 0 Å². The minimum atomic E-state index is -0.320. The molecule has 1 saturated carbocycles. The van der Waals surface area contributed by atoms with Crippen molar-refractivity contribution in [3.63, 3.8) is 0 Å². The lowest BCUT2D eigenvalue weighted by Crippen LogP contribution is -2.46. The van der Waals surface area contributed by atoms with Crippen LogP contribution in [0.25, 0.3) is 0 Å². The van der Waals surface area contributed by atoms with Gasteiger partial charge in [0.25, 0.3) is 5.91 Å². The van der Waals surface area contributed by atoms with E-state index in [0.29, 0.717) is 23.1 Å². The number of carbonyl (C=O) groups is 2. The number of hydrogen-bond donors (Lipinski definition) is 3. The largest absolute Gasteiger partial charge is 0.393 e. The van der Waals surface area contributed by atoms with E-state index < -0.39 is 0 Å². The van der Waals surface area contributed by atoms with E-state index in [4.69, 9.17) is 0 Å². The summed E-state index contributed by atoms with van der Waals surface area (Å²) in [5, 5.41) is 13.1. The molecule has 0 spiro atoms. The molecule has 0 bridgehead atoms. The van der Waals surface area contributed by atoms with Crippen molar-refractivity contribution in [3.8, 4) is 0 Å². The quantitative estimate of drug-likeness (QED) is 0.749. The molecule has 3 N–H and O–H groups in total. The number of ketones is 1. The highest BCUT2D eigenvalue weighted by molar-refractivity contribution is 6.09. The first-order valence-electron chi connectivity index (χ1n) is 8.63. The fourth-order valence-corrected chi connectivity index (χ4v) is 3.42. The van der Waals surface area contributed by atoms with Gasteiger partial charge in [0.2, 0.25) is 0 Å². The zero-order valence-electron chi connectivity index (χ0n) is 14.6. The summed E-state index contributed by atoms with van der Waals surface area (Å²) in [6, 6.07) is 8.50. The Hall–Kier alpha value is -2.40. The van der Waals surface area contributed by atoms with Gasteiger partial charge < -0.3 is 15.4 Å². The third-order valence-corrected chi connectivity index (χ3v) is 5.07. The van der Waals surface area contributed by atoms with Gasteiger partial charge in [-0.15, -0.1) is 0 Å². The van der Waals surface area contributed by atoms with Gasteiger partial charge in [0.15, 0.2) is 5.78 Å². The average molecular weight is 340 g/mol. The van der Waals surface area contributed by atoms with E-state index in [1.54, 1.807) is 42.7 Å². The molecule has 25 heavy (non-hydrogen) atoms. The second kappa shape index (κ2) is 6.84. The third-order valence-electron chi connectivity index (χ3n) is 5.07. The Morgan fingerprint density at radius 3 is 2.36 bits per heavy atom. The first kappa shape index (κ1) is 17.4. The van der Waals surface area contributed by atoms with Crippen LogP contribution in [0, 0.1) is 5.41 Å². The molecule has 5 heteroatoms. The van der Waals surface area contributed by atoms with Crippen molar-refractivity contribution >= 4 is 11.7 Å². The number of carbonyl (C=O) groups excluding carboxylic acids is 2. The van der Waals surface area contributed by atoms with Gasteiger partial charge in [-0.1, -0.05) is 26.0 Å². The summed E-state index contributed by atoms with van der Waals surface area (Å²) in [7, 11) is 0. The maximum atomic E-state index is 12.5. The van der Waals surface area contributed by atoms with Crippen LogP contribution in [0.5, 0.6) is 0 Å². The van der Waals surface area contributed by atoms with E-state index >= 15 is 0 Å². The molecule has 3 rings (SSSR count). The zero-order valence-corrected chi connectivity index (χ0v) is 14.6. The van der Waals surface area contributed by atoms with Crippen LogP contribution in [0.2, 0.25) is 0 Å². The summed E-state index contributed by atoms with van der Waals surface area (Å²) >= 11 is 0. The maximum Gasteiger partial charge on any atom is 0.251 e. The van der Waals surface area contributed by atoms with Gasteiger partial charge in [0.05, 0.1) is 6.10 Å². The van der Waals surface area contributed by atoms with Crippen molar-refractivity contribution in [1.29, 1.82) is 0 Å². The predicted octanol–water partition coefficient (Wildman–Crippen LogP) is 2.92. The van der Waals surface area contributed by atoms with Crippen molar-refractivity contribution in [3.05, 3.63) is 59.4 Å². The number of amides is 1. The molecule has 1 aliphatic carbocycles. The second-order valence-corrected chi connectivity index (χ2v) is 7.46. The molecule has 1 amide bonds. The summed E-state index contributed by atoms with van der Waals surface area (Å²) in [4.78, 5) is 27.6. The van der Waals surface area contributed by atoms with Gasteiger partial charge in [-0.05, 0) is 42.9 Å². The highest BCUT2D eigenvalue weighted by Crippen LogP contribution is 2.35. The summed E-state index contributed by atoms with van der Waals surface area (Å²) in [6.45, 7) is 4.05. The molecule has 1 heterocycles. The van der Waals surface area contributed by atoms with Crippen LogP contribution in [0.4, 0.5) is 0 Å². The molecule has 1 aromatic carbocycles. The Kier molecular flexibility index (Phi) is 4.77. The summed E-state index contributed by atoms with van der Waals surface area (Å²) in [6.07, 6.45) is 5.27. The van der Waals surface area contributed by atoms with E-state index in [1.807, 2.05) is 13.8 Å². The molecular weight excluding hydrogens is 316 g/mol. The van der Waals surface area contributed by atoms with Crippen LogP contribution in [-0.2, 0) is 0 Å². The molecule has 2 aromatic rings. The average Bonchev–Trinajstić information content (AvgIpc) is 3.12. The number of benzene rings is 1. The van der Waals surface area contributed by atoms with Gasteiger partial charge in [-0.2, -0.15) is 0 Å². The number of H-pyrrole nitrogens is 1. The highest BCUT2D eigenvalue weighted by atomic mass is 16.3. The molecule has 0 saturated heterocycles. The Morgan fingerprint density at radius 2 is 1.76 bits per heavy atom. The Bertz CT molecular complexity index is 748. The first-order valence-corrected chi connectivity index (χ1v) is 8.63. The fraction of sp³-hybridized carbons (Fsp3) is 0.400. The topological polar surface area (TPSA) is 82.2 Å². The maximum absolute atomic E-state index is 12.5. The molecule has 0 aliphatic heterocycles. The van der Waals surface area contributed by atoms with Crippen molar-refractivity contribution in [1.82, 2.24) is 10.3 Å². The molecule has 2 unspecified atom stereocenters. The van der Waals surface area contributed by atoms with Crippen LogP contribution < -0.4 is 5.32 Å². The standard InChI is InChI=1S/C20H24N2O3/c1-20(2)11-16(7-8-17(20)23)22-19(25)14-5-3-13(4-6-14)18(24)15-9-10-21-12-15/h3-6,9-10,12,16-17,21,23H,7-8,11H2,1-2H3,(H,22,25). The predicted molar refractivity (Wildman–Crippen MR) is 95.6 cm³/mol. The zero-order chi connectivity index (χ0) is 18.0. The van der Waals surface area contributed by atoms with Gasteiger partial charge in [0.1, 0.15) is 0 Å². The van der Waals surface area contributed by atoms with Crippen molar-refractivity contribution in [2.24, 2.45) is 5.41 Å². The molecule has 2 atom stereocenters. The van der Waals surface area contributed by atoms with E-state index in [1.165, 1.54) is 0 Å². The first-order chi connectivity index (χ1) is 11.9. The lowest BCUT2D eigenvalue weighted by molar-refractivity contribution is 0.00181. The monoisotopic (exact) mass is 340 g/mol. The number of aromatic nitrogens is 1. The van der Waals surface area contributed by atoms with Crippen molar-refractivity contribution < 1.29 is 14.7 Å². The van der Waals surface area contributed by atoms with Crippen LogP contribution in [0.3, 0.4) is 0 Å². The lowest BCUT2D eigenvalue weighted by Gasteiger charge is -2.39. The third kappa shape index (κ3) is 3.82. The van der Waals surface area contributed by atoms with E-state index in [2.05, 4.69) is 10.3 Å². The molecule has 1 aliphatic rings. The molecule has 1 aromatic heterocycles. The number of aliphatic hydroxyl groups is 1. The molecule has 0 radical (unpaired) electrons. The van der Waals surface area contributed by atoms with Gasteiger partial charge >= 0.3 is 0 Å². The summed E-state index contributed by atoms with van der Waals surface area (Å²) in [5.74, 6) is -0.214. The molecule has 5 nitrogen and oxygen atoms in total.